The first kappa shape index (κ1) is 19.9. The van der Waals surface area contributed by atoms with Crippen LogP contribution in [-0.4, -0.2) is 43.0 Å². The maximum absolute atomic E-state index is 12.8. The minimum absolute atomic E-state index is 0.0382. The molecule has 1 atom stereocenters. The van der Waals surface area contributed by atoms with Crippen molar-refractivity contribution in [3.63, 3.8) is 0 Å². The molecule has 0 aromatic heterocycles. The van der Waals surface area contributed by atoms with Crippen LogP contribution in [-0.2, 0) is 10.2 Å². The number of amides is 3. The van der Waals surface area contributed by atoms with E-state index in [1.54, 1.807) is 4.90 Å². The predicted molar refractivity (Wildman–Crippen MR) is 111 cm³/mol. The van der Waals surface area contributed by atoms with Gasteiger partial charge in [-0.05, 0) is 31.4 Å². The Balaban J connectivity index is 1.69. The van der Waals surface area contributed by atoms with Crippen LogP contribution < -0.4 is 10.6 Å². The average Bonchev–Trinajstić information content (AvgIpc) is 3.24. The molecule has 28 heavy (non-hydrogen) atoms. The number of hydrogen-bond acceptors (Lipinski definition) is 2. The SMILES string of the molecule is CCNC(=O)[C@H]1CCN(C(=O)NCC(C)(c2ccccc2)c2ccccc2)C1. The number of rotatable bonds is 6. The predicted octanol–water partition coefficient (Wildman–Crippen LogP) is 3.16. The van der Waals surface area contributed by atoms with E-state index in [2.05, 4.69) is 41.8 Å². The van der Waals surface area contributed by atoms with Gasteiger partial charge in [-0.25, -0.2) is 4.79 Å². The van der Waals surface area contributed by atoms with Crippen LogP contribution in [0.1, 0.15) is 31.4 Å². The Labute approximate surface area is 167 Å². The van der Waals surface area contributed by atoms with Gasteiger partial charge in [0.05, 0.1) is 5.92 Å². The van der Waals surface area contributed by atoms with Crippen molar-refractivity contribution in [2.24, 2.45) is 5.92 Å². The molecule has 2 aromatic carbocycles. The molecular weight excluding hydrogens is 350 g/mol. The Morgan fingerprint density at radius 1 is 1.00 bits per heavy atom. The molecule has 5 heteroatoms. The zero-order valence-corrected chi connectivity index (χ0v) is 16.7. The monoisotopic (exact) mass is 379 g/mol. The second kappa shape index (κ2) is 8.91. The van der Waals surface area contributed by atoms with Crippen LogP contribution in [0, 0.1) is 5.92 Å². The lowest BCUT2D eigenvalue weighted by Gasteiger charge is -2.32. The van der Waals surface area contributed by atoms with Gasteiger partial charge in [-0.2, -0.15) is 0 Å². The fourth-order valence-electron chi connectivity index (χ4n) is 3.82. The molecule has 0 unspecified atom stereocenters. The molecule has 0 bridgehead atoms. The van der Waals surface area contributed by atoms with Crippen LogP contribution in [0.4, 0.5) is 4.79 Å². The van der Waals surface area contributed by atoms with E-state index in [1.807, 2.05) is 43.3 Å². The molecular formula is C23H29N3O2. The Bertz CT molecular complexity index is 753. The van der Waals surface area contributed by atoms with Gasteiger partial charge in [0.2, 0.25) is 5.91 Å². The molecule has 3 rings (SSSR count). The standard InChI is InChI=1S/C23H29N3O2/c1-3-24-21(27)18-14-15-26(16-18)22(28)25-17-23(2,19-10-6-4-7-11-19)20-12-8-5-9-13-20/h4-13,18H,3,14-17H2,1-2H3,(H,24,27)(H,25,28)/t18-/m0/s1. The summed E-state index contributed by atoms with van der Waals surface area (Å²) in [6, 6.07) is 20.4. The van der Waals surface area contributed by atoms with E-state index < -0.39 is 0 Å². The molecule has 0 radical (unpaired) electrons. The van der Waals surface area contributed by atoms with Crippen LogP contribution >= 0.6 is 0 Å². The molecule has 1 fully saturated rings. The minimum Gasteiger partial charge on any atom is -0.356 e. The molecule has 2 N–H and O–H groups in total. The maximum Gasteiger partial charge on any atom is 0.317 e. The Hall–Kier alpha value is -2.82. The molecule has 1 aliphatic rings. The fourth-order valence-corrected chi connectivity index (χ4v) is 3.82. The van der Waals surface area contributed by atoms with Crippen molar-refractivity contribution < 1.29 is 9.59 Å². The van der Waals surface area contributed by atoms with Gasteiger partial charge in [-0.3, -0.25) is 4.79 Å². The van der Waals surface area contributed by atoms with E-state index >= 15 is 0 Å². The first-order valence-electron chi connectivity index (χ1n) is 9.96. The molecule has 1 saturated heterocycles. The highest BCUT2D eigenvalue weighted by Crippen LogP contribution is 2.31. The Morgan fingerprint density at radius 3 is 2.11 bits per heavy atom. The van der Waals surface area contributed by atoms with Gasteiger partial charge in [0, 0.05) is 31.6 Å². The lowest BCUT2D eigenvalue weighted by atomic mass is 9.76. The molecule has 0 saturated carbocycles. The van der Waals surface area contributed by atoms with Crippen molar-refractivity contribution >= 4 is 11.9 Å². The van der Waals surface area contributed by atoms with E-state index in [1.165, 1.54) is 0 Å². The maximum atomic E-state index is 12.8. The third-order valence-electron chi connectivity index (χ3n) is 5.61. The number of hydrogen-bond donors (Lipinski definition) is 2. The van der Waals surface area contributed by atoms with Crippen LogP contribution in [0.2, 0.25) is 0 Å². The van der Waals surface area contributed by atoms with Gasteiger partial charge in [0.25, 0.3) is 0 Å². The Kier molecular flexibility index (Phi) is 6.34. The number of likely N-dealkylation sites (tertiary alicyclic amines) is 1. The third kappa shape index (κ3) is 4.35. The summed E-state index contributed by atoms with van der Waals surface area (Å²) in [5.41, 5.74) is 1.97. The summed E-state index contributed by atoms with van der Waals surface area (Å²) in [5.74, 6) is -0.0726. The zero-order chi connectivity index (χ0) is 20.0. The van der Waals surface area contributed by atoms with Crippen LogP contribution in [0.15, 0.2) is 60.7 Å². The molecule has 148 valence electrons. The van der Waals surface area contributed by atoms with E-state index in [0.717, 1.165) is 11.1 Å². The number of nitrogens with one attached hydrogen (secondary N) is 2. The topological polar surface area (TPSA) is 61.4 Å². The van der Waals surface area contributed by atoms with Crippen LogP contribution in [0.5, 0.6) is 0 Å². The minimum atomic E-state index is -0.336. The van der Waals surface area contributed by atoms with Gasteiger partial charge >= 0.3 is 6.03 Å². The van der Waals surface area contributed by atoms with Gasteiger partial charge in [0.15, 0.2) is 0 Å². The lowest BCUT2D eigenvalue weighted by molar-refractivity contribution is -0.124. The van der Waals surface area contributed by atoms with Crippen molar-refractivity contribution in [2.45, 2.75) is 25.7 Å². The molecule has 1 aliphatic heterocycles. The van der Waals surface area contributed by atoms with Gasteiger partial charge in [-0.1, -0.05) is 60.7 Å². The van der Waals surface area contributed by atoms with Gasteiger partial charge in [-0.15, -0.1) is 0 Å². The van der Waals surface area contributed by atoms with Crippen molar-refractivity contribution in [3.05, 3.63) is 71.8 Å². The quantitative estimate of drug-likeness (QED) is 0.810. The summed E-state index contributed by atoms with van der Waals surface area (Å²) in [6.45, 7) is 6.26. The number of benzene rings is 2. The average molecular weight is 380 g/mol. The summed E-state index contributed by atoms with van der Waals surface area (Å²) >= 11 is 0. The smallest absolute Gasteiger partial charge is 0.317 e. The van der Waals surface area contributed by atoms with Crippen LogP contribution in [0.25, 0.3) is 0 Å². The van der Waals surface area contributed by atoms with E-state index in [9.17, 15) is 9.59 Å². The molecule has 0 aliphatic carbocycles. The highest BCUT2D eigenvalue weighted by atomic mass is 16.2. The van der Waals surface area contributed by atoms with Crippen molar-refractivity contribution in [1.29, 1.82) is 0 Å². The van der Waals surface area contributed by atoms with Crippen LogP contribution in [0.3, 0.4) is 0 Å². The van der Waals surface area contributed by atoms with Crippen molar-refractivity contribution in [2.75, 3.05) is 26.2 Å². The molecule has 5 nitrogen and oxygen atoms in total. The number of nitrogens with zero attached hydrogens (tertiary/aromatic N) is 1. The molecule has 3 amide bonds. The van der Waals surface area contributed by atoms with E-state index in [0.29, 0.717) is 32.6 Å². The number of urea groups is 1. The highest BCUT2D eigenvalue weighted by Gasteiger charge is 2.33. The summed E-state index contributed by atoms with van der Waals surface area (Å²) in [7, 11) is 0. The molecule has 2 aromatic rings. The normalized spacial score (nSPS) is 16.6. The first-order valence-corrected chi connectivity index (χ1v) is 9.96. The highest BCUT2D eigenvalue weighted by molar-refractivity contribution is 5.81. The summed E-state index contributed by atoms with van der Waals surface area (Å²) in [6.07, 6.45) is 0.716. The largest absolute Gasteiger partial charge is 0.356 e. The molecule has 1 heterocycles. The van der Waals surface area contributed by atoms with Crippen molar-refractivity contribution in [3.8, 4) is 0 Å². The van der Waals surface area contributed by atoms with Crippen molar-refractivity contribution in [1.82, 2.24) is 15.5 Å². The van der Waals surface area contributed by atoms with E-state index in [4.69, 9.17) is 0 Å². The molecule has 0 spiro atoms. The lowest BCUT2D eigenvalue weighted by Crippen LogP contribution is -2.45. The summed E-state index contributed by atoms with van der Waals surface area (Å²) in [5, 5.41) is 5.96. The Morgan fingerprint density at radius 2 is 1.57 bits per heavy atom. The second-order valence-electron chi connectivity index (χ2n) is 7.55. The summed E-state index contributed by atoms with van der Waals surface area (Å²) < 4.78 is 0. The number of carbonyl (C=O) groups is 2. The van der Waals surface area contributed by atoms with Gasteiger partial charge < -0.3 is 15.5 Å². The zero-order valence-electron chi connectivity index (χ0n) is 16.7. The summed E-state index contributed by atoms with van der Waals surface area (Å²) in [4.78, 5) is 26.5. The van der Waals surface area contributed by atoms with E-state index in [-0.39, 0.29) is 23.3 Å². The number of carbonyl (C=O) groups excluding carboxylic acids is 2. The second-order valence-corrected chi connectivity index (χ2v) is 7.55. The third-order valence-corrected chi connectivity index (χ3v) is 5.61. The van der Waals surface area contributed by atoms with Gasteiger partial charge in [0.1, 0.15) is 0 Å². The fraction of sp³-hybridized carbons (Fsp3) is 0.391. The first-order chi connectivity index (χ1) is 13.5.